The molecule has 2 aromatic heterocycles. The zero-order chi connectivity index (χ0) is 33.1. The summed E-state index contributed by atoms with van der Waals surface area (Å²) < 4.78 is 11.0. The van der Waals surface area contributed by atoms with Crippen molar-refractivity contribution in [3.8, 4) is 0 Å². The molecule has 4 heterocycles. The van der Waals surface area contributed by atoms with Crippen LogP contribution in [0.4, 0.5) is 5.13 Å². The highest BCUT2D eigenvalue weighted by atomic mass is 32.2. The zero-order valence-electron chi connectivity index (χ0n) is 25.5. The Bertz CT molecular complexity index is 1550. The highest BCUT2D eigenvalue weighted by molar-refractivity contribution is 8.00. The van der Waals surface area contributed by atoms with Crippen molar-refractivity contribution in [3.05, 3.63) is 70.2 Å². The van der Waals surface area contributed by atoms with Crippen LogP contribution in [0.2, 0.25) is 0 Å². The van der Waals surface area contributed by atoms with Crippen LogP contribution in [0, 0.1) is 0 Å². The van der Waals surface area contributed by atoms with E-state index in [0.717, 1.165) is 42.6 Å². The fraction of sp³-hybridized carbons (Fsp3) is 0.387. The predicted octanol–water partition coefficient (Wildman–Crippen LogP) is 3.67. The molecule has 2 aliphatic heterocycles. The fourth-order valence-corrected chi connectivity index (χ4v) is 6.56. The third kappa shape index (κ3) is 8.40. The Morgan fingerprint density at radius 1 is 1.22 bits per heavy atom. The van der Waals surface area contributed by atoms with Gasteiger partial charge < -0.3 is 25.7 Å². The van der Waals surface area contributed by atoms with Gasteiger partial charge in [-0.1, -0.05) is 62.6 Å². The molecule has 13 nitrogen and oxygen atoms in total. The lowest BCUT2D eigenvalue weighted by Crippen LogP contribution is -2.71. The first-order chi connectivity index (χ1) is 22.3. The van der Waals surface area contributed by atoms with Crippen molar-refractivity contribution in [1.29, 1.82) is 0 Å². The van der Waals surface area contributed by atoms with E-state index in [9.17, 15) is 24.4 Å². The van der Waals surface area contributed by atoms with E-state index < -0.39 is 40.9 Å². The van der Waals surface area contributed by atoms with Gasteiger partial charge in [-0.2, -0.15) is 0 Å². The number of unbranched alkanes of at least 4 members (excludes halogenated alkanes) is 3. The molecule has 4 rings (SSSR count). The molecule has 0 bridgehead atoms. The number of hydrogen-bond donors (Lipinski definition) is 3. The molecule has 0 saturated carbocycles. The maximum absolute atomic E-state index is 13.6. The number of pyridine rings is 1. The van der Waals surface area contributed by atoms with E-state index >= 15 is 0 Å². The number of nitrogen functional groups attached to an aromatic ring is 1. The topological polar surface area (TPSA) is 186 Å². The summed E-state index contributed by atoms with van der Waals surface area (Å²) >= 11 is 2.40. The molecule has 2 aromatic rings. The minimum Gasteiger partial charge on any atom is -0.462 e. The van der Waals surface area contributed by atoms with Crippen molar-refractivity contribution in [2.75, 3.05) is 24.7 Å². The van der Waals surface area contributed by atoms with Gasteiger partial charge in [-0.15, -0.1) is 23.1 Å². The molecule has 244 valence electrons. The molecular formula is C31H36N6O7S2. The van der Waals surface area contributed by atoms with Gasteiger partial charge in [-0.3, -0.25) is 19.5 Å². The molecule has 0 unspecified atom stereocenters. The number of oxime groups is 1. The first-order valence-corrected chi connectivity index (χ1v) is 16.7. The summed E-state index contributed by atoms with van der Waals surface area (Å²) in [5.74, 6) is -2.44. The lowest BCUT2D eigenvalue weighted by Gasteiger charge is -2.49. The second-order valence-corrected chi connectivity index (χ2v) is 12.3. The maximum atomic E-state index is 13.6. The number of nitrogens with two attached hydrogens (primary N) is 1. The molecule has 4 N–H and O–H groups in total. The third-order valence-corrected chi connectivity index (χ3v) is 9.00. The normalized spacial score (nSPS) is 18.3. The van der Waals surface area contributed by atoms with E-state index in [0.29, 0.717) is 17.7 Å². The van der Waals surface area contributed by atoms with Gasteiger partial charge in [0, 0.05) is 23.5 Å². The SMILES string of the molecule is CC/C=C(\COC(=O)C1=C(/C=C\c2cccnc2)CS[C@@H]2[C@H](NC(=O)/C(=N\O)c3csc(N)n3)C(=O)N12)C(=O)OCCCCCC. The Hall–Kier alpha value is -4.50. The zero-order valence-corrected chi connectivity index (χ0v) is 27.1. The lowest BCUT2D eigenvalue weighted by molar-refractivity contribution is -0.152. The van der Waals surface area contributed by atoms with Crippen LogP contribution in [-0.2, 0) is 28.7 Å². The number of thiazole rings is 1. The van der Waals surface area contributed by atoms with E-state index in [4.69, 9.17) is 15.2 Å². The number of amides is 2. The molecule has 2 amide bonds. The monoisotopic (exact) mass is 668 g/mol. The molecule has 15 heteroatoms. The number of thioether (sulfide) groups is 1. The van der Waals surface area contributed by atoms with Gasteiger partial charge in [-0.05, 0) is 30.0 Å². The number of esters is 2. The minimum atomic E-state index is -1.02. The maximum Gasteiger partial charge on any atom is 0.355 e. The van der Waals surface area contributed by atoms with Crippen LogP contribution in [0.3, 0.4) is 0 Å². The molecule has 2 aliphatic rings. The average Bonchev–Trinajstić information content (AvgIpc) is 3.49. The van der Waals surface area contributed by atoms with E-state index in [1.165, 1.54) is 22.0 Å². The Kier molecular flexibility index (Phi) is 12.5. The number of carbonyl (C=O) groups excluding carboxylic acids is 4. The molecular weight excluding hydrogens is 633 g/mol. The summed E-state index contributed by atoms with van der Waals surface area (Å²) in [7, 11) is 0. The van der Waals surface area contributed by atoms with E-state index in [1.807, 2.05) is 13.0 Å². The first kappa shape index (κ1) is 34.4. The van der Waals surface area contributed by atoms with Crippen molar-refractivity contribution in [2.24, 2.45) is 5.16 Å². The minimum absolute atomic E-state index is 0.00601. The van der Waals surface area contributed by atoms with Crippen molar-refractivity contribution < 1.29 is 33.9 Å². The van der Waals surface area contributed by atoms with Gasteiger partial charge in [0.2, 0.25) is 0 Å². The van der Waals surface area contributed by atoms with Gasteiger partial charge in [0.1, 0.15) is 29.4 Å². The highest BCUT2D eigenvalue weighted by Crippen LogP contribution is 2.41. The van der Waals surface area contributed by atoms with Crippen molar-refractivity contribution >= 4 is 63.8 Å². The summed E-state index contributed by atoms with van der Waals surface area (Å²) in [6, 6.07) is 2.60. The fourth-order valence-electron chi connectivity index (χ4n) is 4.70. The summed E-state index contributed by atoms with van der Waals surface area (Å²) in [5.41, 5.74) is 6.81. The van der Waals surface area contributed by atoms with Gasteiger partial charge in [0.15, 0.2) is 10.8 Å². The Morgan fingerprint density at radius 2 is 2.04 bits per heavy atom. The largest absolute Gasteiger partial charge is 0.462 e. The number of ether oxygens (including phenoxy) is 2. The van der Waals surface area contributed by atoms with Crippen LogP contribution < -0.4 is 11.1 Å². The number of β-lactam (4-membered cyclic amide) rings is 1. The molecule has 0 aliphatic carbocycles. The summed E-state index contributed by atoms with van der Waals surface area (Å²) in [6.45, 7) is 3.89. The van der Waals surface area contributed by atoms with Crippen molar-refractivity contribution in [1.82, 2.24) is 20.2 Å². The van der Waals surface area contributed by atoms with Crippen LogP contribution >= 0.6 is 23.1 Å². The van der Waals surface area contributed by atoms with Crippen molar-refractivity contribution in [3.63, 3.8) is 0 Å². The number of hydrogen-bond acceptors (Lipinski definition) is 13. The molecule has 2 atom stereocenters. The number of nitrogens with zero attached hydrogens (tertiary/aromatic N) is 4. The molecule has 0 spiro atoms. The van der Waals surface area contributed by atoms with Gasteiger partial charge in [-0.25, -0.2) is 14.6 Å². The Labute approximate surface area is 274 Å². The quantitative estimate of drug-likeness (QED) is 0.0478. The smallest absolute Gasteiger partial charge is 0.355 e. The average molecular weight is 669 g/mol. The molecule has 1 fully saturated rings. The number of rotatable bonds is 15. The van der Waals surface area contributed by atoms with Gasteiger partial charge in [0.05, 0.1) is 12.2 Å². The van der Waals surface area contributed by atoms with Crippen LogP contribution in [0.25, 0.3) is 6.08 Å². The lowest BCUT2D eigenvalue weighted by atomic mass is 10.0. The highest BCUT2D eigenvalue weighted by Gasteiger charge is 2.54. The molecule has 46 heavy (non-hydrogen) atoms. The molecule has 0 radical (unpaired) electrons. The summed E-state index contributed by atoms with van der Waals surface area (Å²) in [6.07, 6.45) is 12.8. The number of allylic oxidation sites excluding steroid dienone is 2. The van der Waals surface area contributed by atoms with Crippen LogP contribution in [0.15, 0.2) is 64.1 Å². The van der Waals surface area contributed by atoms with E-state index in [-0.39, 0.29) is 35.3 Å². The van der Waals surface area contributed by atoms with E-state index in [2.05, 4.69) is 27.4 Å². The van der Waals surface area contributed by atoms with Crippen LogP contribution in [-0.4, -0.2) is 79.9 Å². The Balaban J connectivity index is 1.51. The molecule has 0 aromatic carbocycles. The van der Waals surface area contributed by atoms with Gasteiger partial charge >= 0.3 is 11.9 Å². The van der Waals surface area contributed by atoms with Crippen molar-refractivity contribution in [2.45, 2.75) is 57.4 Å². The van der Waals surface area contributed by atoms with Gasteiger partial charge in [0.25, 0.3) is 11.8 Å². The molecule has 1 saturated heterocycles. The summed E-state index contributed by atoms with van der Waals surface area (Å²) in [4.78, 5) is 62.1. The second-order valence-electron chi connectivity index (χ2n) is 10.3. The number of fused-ring (bicyclic) bond motifs is 1. The second kappa shape index (κ2) is 16.7. The van der Waals surface area contributed by atoms with Crippen LogP contribution in [0.1, 0.15) is 57.2 Å². The summed E-state index contributed by atoms with van der Waals surface area (Å²) in [5, 5.41) is 16.1. The standard InChI is InChI=1S/C31H36N6O7S2/c1-3-5-6-7-14-43-29(40)20(9-4-2)16-44-30(41)25-21(12-11-19-10-8-13-33-15-19)17-45-28-24(27(39)37(25)28)35-26(38)23(36-42)22-18-46-31(32)34-22/h8-13,15,18,24,28,42H,3-7,14,16-17H2,1-2H3,(H2,32,34)(H,35,38)/b12-11-,20-9+,36-23-/t24-,28-/m1/s1. The Morgan fingerprint density at radius 3 is 2.72 bits per heavy atom. The number of nitrogens with one attached hydrogen (secondary N) is 1. The van der Waals surface area contributed by atoms with Crippen LogP contribution in [0.5, 0.6) is 0 Å². The predicted molar refractivity (Wildman–Crippen MR) is 175 cm³/mol. The third-order valence-electron chi connectivity index (χ3n) is 7.02. The number of aromatic nitrogens is 2. The number of anilines is 1. The number of carbonyl (C=O) groups is 4. The first-order valence-electron chi connectivity index (χ1n) is 14.8. The van der Waals surface area contributed by atoms with E-state index in [1.54, 1.807) is 36.7 Å².